The van der Waals surface area contributed by atoms with Crippen LogP contribution < -0.4 is 9.80 Å². The number of nitrogens with one attached hydrogen (secondary N) is 1. The van der Waals surface area contributed by atoms with Crippen molar-refractivity contribution in [3.63, 3.8) is 0 Å². The average Bonchev–Trinajstić information content (AvgIpc) is 3.04. The first-order chi connectivity index (χ1) is 12.6. The van der Waals surface area contributed by atoms with Gasteiger partial charge in [0, 0.05) is 0 Å². The number of nitro benzene ring substituents is 1. The average molecular weight is 373 g/mol. The molecule has 8 heteroatoms. The third kappa shape index (κ3) is 3.38. The van der Waals surface area contributed by atoms with Gasteiger partial charge in [0.15, 0.2) is 0 Å². The minimum Gasteiger partial charge on any atom is -0.355 e. The summed E-state index contributed by atoms with van der Waals surface area (Å²) in [5.74, 6) is -0.583. The molecule has 1 aliphatic rings. The molecular weight excluding hydrogens is 355 g/mol. The van der Waals surface area contributed by atoms with Gasteiger partial charge in [0.05, 0.1) is 47.4 Å². The van der Waals surface area contributed by atoms with E-state index in [4.69, 9.17) is 0 Å². The normalized spacial score (nSPS) is 15.5. The van der Waals surface area contributed by atoms with Crippen LogP contribution in [0.4, 0.5) is 15.8 Å². The highest BCUT2D eigenvalue weighted by atomic mass is 32.1. The van der Waals surface area contributed by atoms with Gasteiger partial charge in [0.2, 0.25) is 0 Å². The predicted octanol–water partition coefficient (Wildman–Crippen LogP) is 2.25. The summed E-state index contributed by atoms with van der Waals surface area (Å²) >= 11 is 1.72. The third-order valence-corrected chi connectivity index (χ3v) is 5.72. The largest absolute Gasteiger partial charge is 0.355 e. The third-order valence-electron chi connectivity index (χ3n) is 4.68. The summed E-state index contributed by atoms with van der Waals surface area (Å²) in [6.45, 7) is 3.99. The van der Waals surface area contributed by atoms with Crippen LogP contribution in [0.15, 0.2) is 42.5 Å². The summed E-state index contributed by atoms with van der Waals surface area (Å²) in [6.07, 6.45) is 0. The van der Waals surface area contributed by atoms with Crippen LogP contribution in [-0.4, -0.2) is 36.1 Å². The van der Waals surface area contributed by atoms with E-state index in [1.165, 1.54) is 21.7 Å². The van der Waals surface area contributed by atoms with Gasteiger partial charge in [-0.3, -0.25) is 10.1 Å². The van der Waals surface area contributed by atoms with Crippen LogP contribution in [0.2, 0.25) is 0 Å². The van der Waals surface area contributed by atoms with E-state index < -0.39 is 10.7 Å². The smallest absolute Gasteiger partial charge is 0.295 e. The zero-order chi connectivity index (χ0) is 18.1. The van der Waals surface area contributed by atoms with Gasteiger partial charge in [-0.1, -0.05) is 12.1 Å². The first-order valence-electron chi connectivity index (χ1n) is 8.47. The van der Waals surface area contributed by atoms with Crippen LogP contribution >= 0.6 is 11.3 Å². The van der Waals surface area contributed by atoms with E-state index in [-0.39, 0.29) is 5.69 Å². The van der Waals surface area contributed by atoms with E-state index in [0.717, 1.165) is 36.2 Å². The minimum absolute atomic E-state index is 0.167. The zero-order valence-electron chi connectivity index (χ0n) is 14.0. The van der Waals surface area contributed by atoms with Gasteiger partial charge in [0.1, 0.15) is 23.1 Å². The van der Waals surface area contributed by atoms with Crippen molar-refractivity contribution in [1.82, 2.24) is 4.98 Å². The second kappa shape index (κ2) is 6.97. The number of nitro groups is 1. The Morgan fingerprint density at radius 3 is 2.73 bits per heavy atom. The number of piperazine rings is 1. The molecule has 2 heterocycles. The lowest BCUT2D eigenvalue weighted by molar-refractivity contribution is -0.914. The van der Waals surface area contributed by atoms with E-state index >= 15 is 0 Å². The maximum atomic E-state index is 13.3. The Hall–Kier alpha value is -2.58. The highest BCUT2D eigenvalue weighted by molar-refractivity contribution is 7.18. The molecule has 134 valence electrons. The number of hydrogen-bond donors (Lipinski definition) is 1. The number of fused-ring (bicyclic) bond motifs is 1. The van der Waals surface area contributed by atoms with E-state index in [9.17, 15) is 14.5 Å². The molecule has 0 bridgehead atoms. The van der Waals surface area contributed by atoms with Crippen LogP contribution in [0.5, 0.6) is 0 Å². The van der Waals surface area contributed by atoms with Gasteiger partial charge in [0.25, 0.3) is 5.69 Å². The molecule has 3 aromatic rings. The number of halogens is 1. The minimum atomic E-state index is -0.583. The molecule has 0 atom stereocenters. The second-order valence-electron chi connectivity index (χ2n) is 6.38. The SMILES string of the molecule is O=[N+]([O-])c1cc(F)ccc1N1CC[NH+](Cc2nc3ccccc3s2)CC1. The number of rotatable bonds is 4. The molecular formula is C18H18FN4O2S+. The van der Waals surface area contributed by atoms with Crippen molar-refractivity contribution >= 4 is 32.9 Å². The fourth-order valence-electron chi connectivity index (χ4n) is 3.36. The molecule has 0 spiro atoms. The molecule has 1 aromatic heterocycles. The molecule has 0 unspecified atom stereocenters. The van der Waals surface area contributed by atoms with Gasteiger partial charge in [-0.15, -0.1) is 11.3 Å². The Morgan fingerprint density at radius 1 is 1.23 bits per heavy atom. The van der Waals surface area contributed by atoms with Crippen molar-refractivity contribution in [3.05, 3.63) is 63.4 Å². The van der Waals surface area contributed by atoms with Crippen LogP contribution in [0, 0.1) is 15.9 Å². The molecule has 4 rings (SSSR count). The topological polar surface area (TPSA) is 63.7 Å². The molecule has 0 aliphatic carbocycles. The number of quaternary nitrogens is 1. The molecule has 6 nitrogen and oxygen atoms in total. The number of aromatic nitrogens is 1. The lowest BCUT2D eigenvalue weighted by Crippen LogP contribution is -3.13. The first kappa shape index (κ1) is 16.9. The van der Waals surface area contributed by atoms with Gasteiger partial charge in [-0.05, 0) is 24.3 Å². The fourth-order valence-corrected chi connectivity index (χ4v) is 4.40. The first-order valence-corrected chi connectivity index (χ1v) is 9.29. The molecule has 1 fully saturated rings. The monoisotopic (exact) mass is 373 g/mol. The number of hydrogen-bond acceptors (Lipinski definition) is 5. The van der Waals surface area contributed by atoms with Crippen molar-refractivity contribution in [3.8, 4) is 0 Å². The maximum Gasteiger partial charge on any atom is 0.295 e. The van der Waals surface area contributed by atoms with Crippen molar-refractivity contribution < 1.29 is 14.2 Å². The molecule has 26 heavy (non-hydrogen) atoms. The highest BCUT2D eigenvalue weighted by Crippen LogP contribution is 2.28. The summed E-state index contributed by atoms with van der Waals surface area (Å²) in [5.41, 5.74) is 1.36. The summed E-state index contributed by atoms with van der Waals surface area (Å²) in [6, 6.07) is 11.9. The lowest BCUT2D eigenvalue weighted by atomic mass is 10.2. The Kier molecular flexibility index (Phi) is 4.52. The molecule has 1 saturated heterocycles. The van der Waals surface area contributed by atoms with Gasteiger partial charge < -0.3 is 9.80 Å². The van der Waals surface area contributed by atoms with E-state index in [1.807, 2.05) is 23.1 Å². The van der Waals surface area contributed by atoms with Gasteiger partial charge in [-0.25, -0.2) is 9.37 Å². The molecule has 2 aromatic carbocycles. The Labute approximate surface area is 153 Å². The predicted molar refractivity (Wildman–Crippen MR) is 99.3 cm³/mol. The van der Waals surface area contributed by atoms with Gasteiger partial charge >= 0.3 is 0 Å². The molecule has 1 N–H and O–H groups in total. The standard InChI is InChI=1S/C18H17FN4O2S/c19-13-5-6-15(16(11-13)23(24)25)22-9-7-21(8-10-22)12-18-20-14-3-1-2-4-17(14)26-18/h1-6,11H,7-10,12H2/p+1. The summed E-state index contributed by atoms with van der Waals surface area (Å²) in [7, 11) is 0. The lowest BCUT2D eigenvalue weighted by Gasteiger charge is -2.32. The number of anilines is 1. The summed E-state index contributed by atoms with van der Waals surface area (Å²) < 4.78 is 14.5. The van der Waals surface area contributed by atoms with E-state index in [1.54, 1.807) is 11.3 Å². The number of benzene rings is 2. The Balaban J connectivity index is 1.43. The van der Waals surface area contributed by atoms with Crippen LogP contribution in [0.1, 0.15) is 5.01 Å². The molecule has 0 radical (unpaired) electrons. The van der Waals surface area contributed by atoms with Crippen molar-refractivity contribution in [2.24, 2.45) is 0 Å². The van der Waals surface area contributed by atoms with E-state index in [0.29, 0.717) is 18.8 Å². The molecule has 0 amide bonds. The van der Waals surface area contributed by atoms with Gasteiger partial charge in [-0.2, -0.15) is 0 Å². The van der Waals surface area contributed by atoms with Crippen molar-refractivity contribution in [2.75, 3.05) is 31.1 Å². The number of nitrogens with zero attached hydrogens (tertiary/aromatic N) is 3. The van der Waals surface area contributed by atoms with Crippen LogP contribution in [0.3, 0.4) is 0 Å². The van der Waals surface area contributed by atoms with Crippen molar-refractivity contribution in [1.29, 1.82) is 0 Å². The summed E-state index contributed by atoms with van der Waals surface area (Å²) in [5, 5.41) is 12.3. The number of thiazole rings is 1. The zero-order valence-corrected chi connectivity index (χ0v) is 14.8. The van der Waals surface area contributed by atoms with Crippen molar-refractivity contribution in [2.45, 2.75) is 6.54 Å². The quantitative estimate of drug-likeness (QED) is 0.563. The van der Waals surface area contributed by atoms with Crippen LogP contribution in [-0.2, 0) is 6.54 Å². The molecule has 1 aliphatic heterocycles. The van der Waals surface area contributed by atoms with E-state index in [2.05, 4.69) is 11.1 Å². The Bertz CT molecular complexity index is 920. The highest BCUT2D eigenvalue weighted by Gasteiger charge is 2.26. The second-order valence-corrected chi connectivity index (χ2v) is 7.49. The molecule has 0 saturated carbocycles. The Morgan fingerprint density at radius 2 is 2.00 bits per heavy atom. The fraction of sp³-hybridized carbons (Fsp3) is 0.278. The summed E-state index contributed by atoms with van der Waals surface area (Å²) in [4.78, 5) is 18.8. The number of para-hydroxylation sites is 1. The van der Waals surface area contributed by atoms with Crippen LogP contribution in [0.25, 0.3) is 10.2 Å². The maximum absolute atomic E-state index is 13.3.